The van der Waals surface area contributed by atoms with E-state index >= 15 is 0 Å². The average Bonchev–Trinajstić information content (AvgIpc) is 2.34. The van der Waals surface area contributed by atoms with Crippen LogP contribution in [0.2, 0.25) is 0 Å². The summed E-state index contributed by atoms with van der Waals surface area (Å²) in [7, 11) is 0. The molecular weight excluding hydrogens is 236 g/mol. The third-order valence-corrected chi connectivity index (χ3v) is 2.31. The predicted molar refractivity (Wildman–Crippen MR) is 63.8 cm³/mol. The van der Waals surface area contributed by atoms with Gasteiger partial charge in [0.2, 0.25) is 5.88 Å². The highest BCUT2D eigenvalue weighted by atomic mass is 16.6. The first kappa shape index (κ1) is 11.8. The van der Waals surface area contributed by atoms with Gasteiger partial charge in [-0.1, -0.05) is 0 Å². The Kier molecular flexibility index (Phi) is 3.09. The molecule has 0 fully saturated rings. The first-order valence-electron chi connectivity index (χ1n) is 5.14. The van der Waals surface area contributed by atoms with E-state index < -0.39 is 4.92 Å². The standard InChI is InChI=1S/C12H10N2O4/c1-8-7-13-12(6-11(8)14(16)17)18-10-4-2-9(15)3-5-10/h2-7,15H,1H3. The van der Waals surface area contributed by atoms with Crippen LogP contribution in [0, 0.1) is 17.0 Å². The van der Waals surface area contributed by atoms with Gasteiger partial charge in [0.15, 0.2) is 0 Å². The molecule has 1 heterocycles. The number of aryl methyl sites for hydroxylation is 1. The molecule has 2 aromatic rings. The Labute approximate surface area is 103 Å². The number of hydrogen-bond donors (Lipinski definition) is 1. The molecule has 1 aromatic carbocycles. The highest BCUT2D eigenvalue weighted by Gasteiger charge is 2.13. The minimum Gasteiger partial charge on any atom is -0.508 e. The lowest BCUT2D eigenvalue weighted by atomic mass is 10.2. The SMILES string of the molecule is Cc1cnc(Oc2ccc(O)cc2)cc1[N+](=O)[O-]. The Hall–Kier alpha value is -2.63. The summed E-state index contributed by atoms with van der Waals surface area (Å²) >= 11 is 0. The van der Waals surface area contributed by atoms with Crippen molar-refractivity contribution in [2.75, 3.05) is 0 Å². The molecule has 0 aliphatic heterocycles. The van der Waals surface area contributed by atoms with Gasteiger partial charge >= 0.3 is 0 Å². The third kappa shape index (κ3) is 2.54. The lowest BCUT2D eigenvalue weighted by Gasteiger charge is -2.05. The van der Waals surface area contributed by atoms with Crippen LogP contribution in [0.1, 0.15) is 5.56 Å². The highest BCUT2D eigenvalue weighted by Crippen LogP contribution is 2.26. The molecule has 0 saturated carbocycles. The van der Waals surface area contributed by atoms with Crippen LogP contribution in [0.3, 0.4) is 0 Å². The van der Waals surface area contributed by atoms with Gasteiger partial charge in [-0.15, -0.1) is 0 Å². The van der Waals surface area contributed by atoms with E-state index in [1.807, 2.05) is 0 Å². The molecule has 0 saturated heterocycles. The summed E-state index contributed by atoms with van der Waals surface area (Å²) < 4.78 is 5.35. The summed E-state index contributed by atoms with van der Waals surface area (Å²) in [6.45, 7) is 1.61. The van der Waals surface area contributed by atoms with Gasteiger partial charge in [0.05, 0.1) is 11.0 Å². The van der Waals surface area contributed by atoms with E-state index in [4.69, 9.17) is 9.84 Å². The number of nitrogens with zero attached hydrogens (tertiary/aromatic N) is 2. The first-order valence-corrected chi connectivity index (χ1v) is 5.14. The van der Waals surface area contributed by atoms with Crippen LogP contribution in [-0.4, -0.2) is 15.0 Å². The molecule has 6 nitrogen and oxygen atoms in total. The van der Waals surface area contributed by atoms with Crippen molar-refractivity contribution in [2.45, 2.75) is 6.92 Å². The molecule has 0 atom stereocenters. The van der Waals surface area contributed by atoms with Crippen molar-refractivity contribution in [3.63, 3.8) is 0 Å². The Morgan fingerprint density at radius 2 is 2.00 bits per heavy atom. The van der Waals surface area contributed by atoms with Crippen molar-refractivity contribution in [3.8, 4) is 17.4 Å². The van der Waals surface area contributed by atoms with Crippen LogP contribution >= 0.6 is 0 Å². The zero-order chi connectivity index (χ0) is 13.1. The van der Waals surface area contributed by atoms with Gasteiger partial charge in [-0.2, -0.15) is 0 Å². The van der Waals surface area contributed by atoms with Gasteiger partial charge in [0.25, 0.3) is 5.69 Å². The fraction of sp³-hybridized carbons (Fsp3) is 0.0833. The second-order valence-electron chi connectivity index (χ2n) is 3.66. The van der Waals surface area contributed by atoms with Gasteiger partial charge in [0.1, 0.15) is 11.5 Å². The Morgan fingerprint density at radius 1 is 1.33 bits per heavy atom. The van der Waals surface area contributed by atoms with E-state index in [0.29, 0.717) is 11.3 Å². The number of nitro groups is 1. The molecule has 0 spiro atoms. The molecule has 0 bridgehead atoms. The number of ether oxygens (including phenoxy) is 1. The second-order valence-corrected chi connectivity index (χ2v) is 3.66. The Bertz CT molecular complexity index is 581. The van der Waals surface area contributed by atoms with Crippen LogP contribution < -0.4 is 4.74 Å². The maximum atomic E-state index is 10.8. The van der Waals surface area contributed by atoms with Crippen LogP contribution in [0.4, 0.5) is 5.69 Å². The largest absolute Gasteiger partial charge is 0.508 e. The van der Waals surface area contributed by atoms with Crippen molar-refractivity contribution in [2.24, 2.45) is 0 Å². The van der Waals surface area contributed by atoms with Crippen molar-refractivity contribution in [1.82, 2.24) is 4.98 Å². The number of rotatable bonds is 3. The number of phenols is 1. The first-order chi connectivity index (χ1) is 8.56. The lowest BCUT2D eigenvalue weighted by molar-refractivity contribution is -0.385. The fourth-order valence-corrected chi connectivity index (χ4v) is 1.38. The van der Waals surface area contributed by atoms with Gasteiger partial charge < -0.3 is 9.84 Å². The topological polar surface area (TPSA) is 85.5 Å². The number of aromatic nitrogens is 1. The molecule has 0 aliphatic carbocycles. The monoisotopic (exact) mass is 246 g/mol. The Morgan fingerprint density at radius 3 is 2.61 bits per heavy atom. The van der Waals surface area contributed by atoms with Gasteiger partial charge in [0, 0.05) is 11.8 Å². The quantitative estimate of drug-likeness (QED) is 0.664. The molecule has 92 valence electrons. The Balaban J connectivity index is 2.27. The summed E-state index contributed by atoms with van der Waals surface area (Å²) in [4.78, 5) is 14.2. The normalized spacial score (nSPS) is 10.1. The van der Waals surface area contributed by atoms with E-state index in [1.54, 1.807) is 19.1 Å². The summed E-state index contributed by atoms with van der Waals surface area (Å²) in [5.41, 5.74) is 0.428. The molecular formula is C12H10N2O4. The molecule has 1 N–H and O–H groups in total. The van der Waals surface area contributed by atoms with Gasteiger partial charge in [-0.25, -0.2) is 4.98 Å². The van der Waals surface area contributed by atoms with E-state index in [0.717, 1.165) is 0 Å². The van der Waals surface area contributed by atoms with E-state index in [1.165, 1.54) is 24.4 Å². The predicted octanol–water partition coefficient (Wildman–Crippen LogP) is 2.80. The van der Waals surface area contributed by atoms with Crippen LogP contribution in [0.5, 0.6) is 17.4 Å². The van der Waals surface area contributed by atoms with Crippen LogP contribution in [0.15, 0.2) is 36.5 Å². The van der Waals surface area contributed by atoms with Gasteiger partial charge in [-0.3, -0.25) is 10.1 Å². The molecule has 2 rings (SSSR count). The highest BCUT2D eigenvalue weighted by molar-refractivity contribution is 5.42. The fourth-order valence-electron chi connectivity index (χ4n) is 1.38. The van der Waals surface area contributed by atoms with Crippen molar-refractivity contribution in [1.29, 1.82) is 0 Å². The summed E-state index contributed by atoms with van der Waals surface area (Å²) in [5, 5.41) is 19.9. The molecule has 0 aliphatic rings. The van der Waals surface area contributed by atoms with E-state index in [2.05, 4.69) is 4.98 Å². The number of pyridine rings is 1. The number of aromatic hydroxyl groups is 1. The third-order valence-electron chi connectivity index (χ3n) is 2.31. The maximum Gasteiger partial charge on any atom is 0.279 e. The zero-order valence-corrected chi connectivity index (χ0v) is 9.53. The molecule has 0 unspecified atom stereocenters. The second kappa shape index (κ2) is 4.70. The average molecular weight is 246 g/mol. The number of hydrogen-bond acceptors (Lipinski definition) is 5. The van der Waals surface area contributed by atoms with E-state index in [-0.39, 0.29) is 17.3 Å². The molecule has 1 aromatic heterocycles. The molecule has 6 heteroatoms. The minimum absolute atomic E-state index is 0.0428. The smallest absolute Gasteiger partial charge is 0.279 e. The molecule has 18 heavy (non-hydrogen) atoms. The summed E-state index contributed by atoms with van der Waals surface area (Å²) in [6, 6.07) is 7.27. The van der Waals surface area contributed by atoms with E-state index in [9.17, 15) is 10.1 Å². The van der Waals surface area contributed by atoms with Gasteiger partial charge in [-0.05, 0) is 31.2 Å². The van der Waals surface area contributed by atoms with Crippen LogP contribution in [-0.2, 0) is 0 Å². The minimum atomic E-state index is -0.485. The lowest BCUT2D eigenvalue weighted by Crippen LogP contribution is -1.95. The maximum absolute atomic E-state index is 10.8. The summed E-state index contributed by atoms with van der Waals surface area (Å²) in [5.74, 6) is 0.696. The summed E-state index contributed by atoms with van der Waals surface area (Å²) in [6.07, 6.45) is 1.38. The number of benzene rings is 1. The van der Waals surface area contributed by atoms with Crippen molar-refractivity contribution in [3.05, 3.63) is 52.2 Å². The zero-order valence-electron chi connectivity index (χ0n) is 9.53. The molecule has 0 amide bonds. The van der Waals surface area contributed by atoms with Crippen molar-refractivity contribution >= 4 is 5.69 Å². The van der Waals surface area contributed by atoms with Crippen LogP contribution in [0.25, 0.3) is 0 Å². The molecule has 0 radical (unpaired) electrons. The van der Waals surface area contributed by atoms with Crippen molar-refractivity contribution < 1.29 is 14.8 Å². The number of phenolic OH excluding ortho intramolecular Hbond substituents is 1.